The van der Waals surface area contributed by atoms with Gasteiger partial charge in [-0.25, -0.2) is 0 Å². The van der Waals surface area contributed by atoms with Crippen LogP contribution in [0.2, 0.25) is 0 Å². The van der Waals surface area contributed by atoms with E-state index in [9.17, 15) is 19.2 Å². The number of carbonyl (C=O) groups is 4. The summed E-state index contributed by atoms with van der Waals surface area (Å²) in [7, 11) is 0. The van der Waals surface area contributed by atoms with E-state index in [-0.39, 0.29) is 16.6 Å². The fourth-order valence-corrected chi connectivity index (χ4v) is 3.59. The minimum atomic E-state index is -1.46. The van der Waals surface area contributed by atoms with Gasteiger partial charge in [-0.15, -0.1) is 0 Å². The molecule has 9 nitrogen and oxygen atoms in total. The molecule has 0 radical (unpaired) electrons. The van der Waals surface area contributed by atoms with Crippen molar-refractivity contribution < 1.29 is 19.2 Å². The Morgan fingerprint density at radius 1 is 0.767 bits per heavy atom. The predicted molar refractivity (Wildman–Crippen MR) is 111 cm³/mol. The molecule has 0 saturated carbocycles. The van der Waals surface area contributed by atoms with Crippen molar-refractivity contribution >= 4 is 23.6 Å². The Morgan fingerprint density at radius 2 is 1.13 bits per heavy atom. The molecule has 0 aliphatic carbocycles. The van der Waals surface area contributed by atoms with Gasteiger partial charge >= 0.3 is 0 Å². The standard InChI is InChI=1S/C21H27N5O4/c1-21(2,3)11-6-4-10(5-7-11)14-12(15(17(22)27)18(23)28)8-26-9-13(14)16(19(24)29)20(25)30/h4-9,14-16,26H,1-3H3,(H2,22,27)(H2,23,28)(H2,24,29)(H2,25,30). The Morgan fingerprint density at radius 3 is 1.43 bits per heavy atom. The Kier molecular flexibility index (Phi) is 6.35. The van der Waals surface area contributed by atoms with E-state index in [0.717, 1.165) is 5.56 Å². The highest BCUT2D eigenvalue weighted by molar-refractivity contribution is 6.04. The Labute approximate surface area is 174 Å². The molecule has 0 fully saturated rings. The topological polar surface area (TPSA) is 184 Å². The van der Waals surface area contributed by atoms with Crippen LogP contribution >= 0.6 is 0 Å². The molecule has 4 amide bonds. The summed E-state index contributed by atoms with van der Waals surface area (Å²) in [5.74, 6) is -7.59. The zero-order chi connectivity index (χ0) is 22.8. The number of carbonyl (C=O) groups excluding carboxylic acids is 4. The number of benzene rings is 1. The second kappa shape index (κ2) is 8.40. The van der Waals surface area contributed by atoms with E-state index < -0.39 is 41.4 Å². The van der Waals surface area contributed by atoms with Crippen molar-refractivity contribution in [2.75, 3.05) is 0 Å². The van der Waals surface area contributed by atoms with Crippen LogP contribution in [0.4, 0.5) is 0 Å². The smallest absolute Gasteiger partial charge is 0.234 e. The second-order valence-electron chi connectivity index (χ2n) is 8.24. The summed E-state index contributed by atoms with van der Waals surface area (Å²) in [4.78, 5) is 48.0. The Bertz CT molecular complexity index is 865. The largest absolute Gasteiger partial charge is 0.369 e. The van der Waals surface area contributed by atoms with Crippen LogP contribution in [-0.4, -0.2) is 23.6 Å². The fourth-order valence-electron chi connectivity index (χ4n) is 3.59. The van der Waals surface area contributed by atoms with Gasteiger partial charge in [-0.2, -0.15) is 0 Å². The molecule has 160 valence electrons. The maximum absolute atomic E-state index is 12.0. The first-order chi connectivity index (χ1) is 13.9. The first kappa shape index (κ1) is 22.7. The summed E-state index contributed by atoms with van der Waals surface area (Å²) in [5, 5.41) is 2.75. The minimum Gasteiger partial charge on any atom is -0.369 e. The molecular formula is C21H27N5O4. The van der Waals surface area contributed by atoms with Gasteiger partial charge in [0.1, 0.15) is 11.8 Å². The van der Waals surface area contributed by atoms with Gasteiger partial charge < -0.3 is 28.3 Å². The first-order valence-corrected chi connectivity index (χ1v) is 9.30. The van der Waals surface area contributed by atoms with Crippen LogP contribution in [0.1, 0.15) is 37.8 Å². The minimum absolute atomic E-state index is 0.115. The van der Waals surface area contributed by atoms with Crippen LogP contribution in [0.15, 0.2) is 47.8 Å². The van der Waals surface area contributed by atoms with Crippen LogP contribution < -0.4 is 28.3 Å². The van der Waals surface area contributed by atoms with Crippen molar-refractivity contribution in [2.24, 2.45) is 34.8 Å². The van der Waals surface area contributed by atoms with Crippen LogP contribution in [0.3, 0.4) is 0 Å². The molecule has 0 spiro atoms. The number of amides is 4. The van der Waals surface area contributed by atoms with Crippen molar-refractivity contribution in [3.8, 4) is 0 Å². The molecule has 2 rings (SSSR count). The third-order valence-corrected chi connectivity index (χ3v) is 5.08. The van der Waals surface area contributed by atoms with E-state index in [0.29, 0.717) is 5.56 Å². The van der Waals surface area contributed by atoms with Crippen molar-refractivity contribution in [2.45, 2.75) is 32.1 Å². The lowest BCUT2D eigenvalue weighted by atomic mass is 9.73. The molecular weight excluding hydrogens is 386 g/mol. The summed E-state index contributed by atoms with van der Waals surface area (Å²) >= 11 is 0. The number of nitrogens with two attached hydrogens (primary N) is 4. The molecule has 0 aromatic heterocycles. The molecule has 9 N–H and O–H groups in total. The number of hydrogen-bond acceptors (Lipinski definition) is 5. The lowest BCUT2D eigenvalue weighted by Gasteiger charge is -2.32. The quantitative estimate of drug-likeness (QED) is 0.381. The molecule has 0 bridgehead atoms. The summed E-state index contributed by atoms with van der Waals surface area (Å²) in [6, 6.07) is 7.35. The number of primary amides is 4. The van der Waals surface area contributed by atoms with Crippen LogP contribution in [-0.2, 0) is 24.6 Å². The van der Waals surface area contributed by atoms with Gasteiger partial charge in [-0.3, -0.25) is 19.2 Å². The average Bonchev–Trinajstić information content (AvgIpc) is 2.60. The number of dihydropyridines is 1. The van der Waals surface area contributed by atoms with Crippen molar-refractivity contribution in [3.63, 3.8) is 0 Å². The summed E-state index contributed by atoms with van der Waals surface area (Å²) in [5.41, 5.74) is 23.6. The highest BCUT2D eigenvalue weighted by Crippen LogP contribution is 2.41. The van der Waals surface area contributed by atoms with E-state index in [2.05, 4.69) is 26.1 Å². The second-order valence-corrected chi connectivity index (χ2v) is 8.24. The van der Waals surface area contributed by atoms with E-state index in [1.807, 2.05) is 12.1 Å². The SMILES string of the molecule is CC(C)(C)c1ccc(C2C(C(C(N)=O)C(N)=O)=CNC=C2C(C(N)=O)C(N)=O)cc1. The van der Waals surface area contributed by atoms with Gasteiger partial charge in [-0.1, -0.05) is 45.0 Å². The summed E-state index contributed by atoms with van der Waals surface area (Å²) < 4.78 is 0. The highest BCUT2D eigenvalue weighted by Gasteiger charge is 2.40. The van der Waals surface area contributed by atoms with Crippen molar-refractivity contribution in [3.05, 3.63) is 58.9 Å². The normalized spacial score (nSPS) is 14.7. The number of hydrogen-bond donors (Lipinski definition) is 5. The maximum Gasteiger partial charge on any atom is 0.234 e. The molecule has 1 heterocycles. The molecule has 1 aromatic carbocycles. The van der Waals surface area contributed by atoms with Crippen LogP contribution in [0, 0.1) is 11.8 Å². The monoisotopic (exact) mass is 413 g/mol. The van der Waals surface area contributed by atoms with E-state index in [1.165, 1.54) is 12.4 Å². The van der Waals surface area contributed by atoms with Gasteiger partial charge in [0, 0.05) is 18.3 Å². The highest BCUT2D eigenvalue weighted by atomic mass is 16.2. The van der Waals surface area contributed by atoms with Gasteiger partial charge in [0.05, 0.1) is 0 Å². The first-order valence-electron chi connectivity index (χ1n) is 9.30. The molecule has 0 unspecified atom stereocenters. The third-order valence-electron chi connectivity index (χ3n) is 5.08. The molecule has 0 atom stereocenters. The summed E-state index contributed by atoms with van der Waals surface area (Å²) in [6.07, 6.45) is 2.82. The molecule has 30 heavy (non-hydrogen) atoms. The molecule has 0 saturated heterocycles. The lowest BCUT2D eigenvalue weighted by molar-refractivity contribution is -0.131. The zero-order valence-electron chi connectivity index (χ0n) is 17.1. The lowest BCUT2D eigenvalue weighted by Crippen LogP contribution is -2.43. The Hall–Kier alpha value is -3.62. The van der Waals surface area contributed by atoms with Crippen molar-refractivity contribution in [1.29, 1.82) is 0 Å². The summed E-state index contributed by atoms with van der Waals surface area (Å²) in [6.45, 7) is 6.15. The third kappa shape index (κ3) is 4.51. The van der Waals surface area contributed by atoms with Gasteiger partial charge in [-0.05, 0) is 27.7 Å². The van der Waals surface area contributed by atoms with Gasteiger partial charge in [0.2, 0.25) is 23.6 Å². The van der Waals surface area contributed by atoms with E-state index >= 15 is 0 Å². The fraction of sp³-hybridized carbons (Fsp3) is 0.333. The molecule has 9 heteroatoms. The number of rotatable bonds is 7. The maximum atomic E-state index is 12.0. The average molecular weight is 413 g/mol. The Balaban J connectivity index is 2.68. The van der Waals surface area contributed by atoms with E-state index in [1.54, 1.807) is 12.1 Å². The van der Waals surface area contributed by atoms with Crippen LogP contribution in [0.5, 0.6) is 0 Å². The van der Waals surface area contributed by atoms with Gasteiger partial charge in [0.15, 0.2) is 0 Å². The predicted octanol–water partition coefficient (Wildman–Crippen LogP) is -0.388. The van der Waals surface area contributed by atoms with Gasteiger partial charge in [0.25, 0.3) is 0 Å². The van der Waals surface area contributed by atoms with Crippen molar-refractivity contribution in [1.82, 2.24) is 5.32 Å². The van der Waals surface area contributed by atoms with E-state index in [4.69, 9.17) is 22.9 Å². The zero-order valence-corrected chi connectivity index (χ0v) is 17.1. The van der Waals surface area contributed by atoms with Crippen LogP contribution in [0.25, 0.3) is 0 Å². The number of nitrogens with one attached hydrogen (secondary N) is 1. The molecule has 1 aromatic rings. The molecule has 1 aliphatic heterocycles. The molecule has 1 aliphatic rings.